The minimum atomic E-state index is -0.275. The zero-order valence-electron chi connectivity index (χ0n) is 12.2. The van der Waals surface area contributed by atoms with Crippen LogP contribution in [0.15, 0.2) is 41.5 Å². The predicted octanol–water partition coefficient (Wildman–Crippen LogP) is 2.48. The van der Waals surface area contributed by atoms with Crippen molar-refractivity contribution in [1.82, 2.24) is 9.97 Å². The number of amides is 1. The summed E-state index contributed by atoms with van der Waals surface area (Å²) in [7, 11) is 0. The van der Waals surface area contributed by atoms with Gasteiger partial charge in [0.25, 0.3) is 5.91 Å². The normalized spacial score (nSPS) is 18.0. The second-order valence-corrected chi connectivity index (χ2v) is 5.14. The van der Waals surface area contributed by atoms with E-state index in [1.165, 1.54) is 5.01 Å². The topological polar surface area (TPSA) is 58.5 Å². The zero-order chi connectivity index (χ0) is 15.0. The summed E-state index contributed by atoms with van der Waals surface area (Å²) in [5, 5.41) is 5.87. The highest BCUT2D eigenvalue weighted by atomic mass is 16.2. The molecule has 1 amide bonds. The molecular formula is C16H16N4O. The number of carbonyl (C=O) groups is 1. The largest absolute Gasteiger partial charge is 0.272 e. The fraction of sp³-hybridized carbons (Fsp3) is 0.250. The summed E-state index contributed by atoms with van der Waals surface area (Å²) >= 11 is 0. The number of nitrogens with zero attached hydrogens (tertiary/aromatic N) is 4. The molecule has 2 aromatic rings. The Balaban J connectivity index is 2.04. The molecule has 5 nitrogen and oxygen atoms in total. The lowest BCUT2D eigenvalue weighted by Crippen LogP contribution is -2.26. The minimum absolute atomic E-state index is 0.0636. The van der Waals surface area contributed by atoms with Gasteiger partial charge in [0.2, 0.25) is 0 Å². The number of carbonyl (C=O) groups excluding carboxylic acids is 1. The SMILES string of the molecule is Cc1cc(N2N=C(c3ccccc3)C(C)C2=O)nc(C)n1. The molecule has 2 heterocycles. The molecule has 0 saturated heterocycles. The highest BCUT2D eigenvalue weighted by Gasteiger charge is 2.34. The average Bonchev–Trinajstić information content (AvgIpc) is 2.75. The fourth-order valence-corrected chi connectivity index (χ4v) is 2.43. The highest BCUT2D eigenvalue weighted by molar-refractivity contribution is 6.21. The first-order valence-electron chi connectivity index (χ1n) is 6.86. The van der Waals surface area contributed by atoms with E-state index in [1.807, 2.05) is 51.1 Å². The van der Waals surface area contributed by atoms with E-state index in [0.717, 1.165) is 17.0 Å². The summed E-state index contributed by atoms with van der Waals surface area (Å²) in [5.41, 5.74) is 2.55. The van der Waals surface area contributed by atoms with Crippen molar-refractivity contribution >= 4 is 17.4 Å². The Kier molecular flexibility index (Phi) is 3.25. The number of hydrogen-bond acceptors (Lipinski definition) is 4. The standard InChI is InChI=1S/C16H16N4O/c1-10-9-14(18-12(3)17-10)20-16(21)11(2)15(19-20)13-7-5-4-6-8-13/h4-9,11H,1-3H3. The Morgan fingerprint density at radius 1 is 1.10 bits per heavy atom. The van der Waals surface area contributed by atoms with Gasteiger partial charge in [-0.2, -0.15) is 10.1 Å². The molecule has 1 aromatic carbocycles. The number of rotatable bonds is 2. The number of benzene rings is 1. The van der Waals surface area contributed by atoms with Crippen molar-refractivity contribution in [3.8, 4) is 0 Å². The molecule has 21 heavy (non-hydrogen) atoms. The number of anilines is 1. The molecule has 1 aliphatic rings. The van der Waals surface area contributed by atoms with Crippen molar-refractivity contribution in [3.05, 3.63) is 53.5 Å². The molecule has 0 aliphatic carbocycles. The van der Waals surface area contributed by atoms with Crippen LogP contribution in [0.1, 0.15) is 24.0 Å². The first-order valence-corrected chi connectivity index (χ1v) is 6.86. The molecule has 0 saturated carbocycles. The van der Waals surface area contributed by atoms with Crippen LogP contribution in [0.2, 0.25) is 0 Å². The quantitative estimate of drug-likeness (QED) is 0.849. The Morgan fingerprint density at radius 3 is 2.48 bits per heavy atom. The van der Waals surface area contributed by atoms with E-state index in [2.05, 4.69) is 15.1 Å². The van der Waals surface area contributed by atoms with Crippen LogP contribution in [0, 0.1) is 19.8 Å². The van der Waals surface area contributed by atoms with Gasteiger partial charge in [-0.3, -0.25) is 4.79 Å². The molecule has 1 aliphatic heterocycles. The summed E-state index contributed by atoms with van der Waals surface area (Å²) in [6.07, 6.45) is 0. The van der Waals surface area contributed by atoms with E-state index in [9.17, 15) is 4.79 Å². The highest BCUT2D eigenvalue weighted by Crippen LogP contribution is 2.25. The molecule has 3 rings (SSSR count). The molecule has 0 spiro atoms. The molecule has 106 valence electrons. The van der Waals surface area contributed by atoms with Gasteiger partial charge in [0.15, 0.2) is 5.82 Å². The molecule has 1 aromatic heterocycles. The zero-order valence-corrected chi connectivity index (χ0v) is 12.2. The van der Waals surface area contributed by atoms with Crippen LogP contribution in [0.4, 0.5) is 5.82 Å². The van der Waals surface area contributed by atoms with Crippen LogP contribution in [0.3, 0.4) is 0 Å². The van der Waals surface area contributed by atoms with E-state index in [-0.39, 0.29) is 11.8 Å². The van der Waals surface area contributed by atoms with Crippen LogP contribution < -0.4 is 5.01 Å². The Morgan fingerprint density at radius 2 is 1.81 bits per heavy atom. The van der Waals surface area contributed by atoms with E-state index >= 15 is 0 Å². The molecule has 0 N–H and O–H groups in total. The molecule has 1 unspecified atom stereocenters. The fourth-order valence-electron chi connectivity index (χ4n) is 2.43. The third-order valence-corrected chi connectivity index (χ3v) is 3.44. The van der Waals surface area contributed by atoms with E-state index in [4.69, 9.17) is 0 Å². The van der Waals surface area contributed by atoms with Crippen molar-refractivity contribution in [2.24, 2.45) is 11.0 Å². The summed E-state index contributed by atoms with van der Waals surface area (Å²) in [6.45, 7) is 5.56. The van der Waals surface area contributed by atoms with Gasteiger partial charge in [-0.25, -0.2) is 9.97 Å². The van der Waals surface area contributed by atoms with E-state index in [0.29, 0.717) is 11.6 Å². The first kappa shape index (κ1) is 13.4. The molecule has 0 radical (unpaired) electrons. The lowest BCUT2D eigenvalue weighted by molar-refractivity contribution is -0.119. The Labute approximate surface area is 123 Å². The number of aryl methyl sites for hydroxylation is 2. The lowest BCUT2D eigenvalue weighted by Gasteiger charge is -2.12. The second-order valence-electron chi connectivity index (χ2n) is 5.14. The summed E-state index contributed by atoms with van der Waals surface area (Å²) < 4.78 is 0. The summed E-state index contributed by atoms with van der Waals surface area (Å²) in [6, 6.07) is 11.5. The maximum Gasteiger partial charge on any atom is 0.257 e. The lowest BCUT2D eigenvalue weighted by atomic mass is 9.99. The van der Waals surface area contributed by atoms with Gasteiger partial charge in [0.05, 0.1) is 11.6 Å². The van der Waals surface area contributed by atoms with Gasteiger partial charge in [-0.05, 0) is 26.3 Å². The monoisotopic (exact) mass is 280 g/mol. The van der Waals surface area contributed by atoms with Crippen molar-refractivity contribution in [2.75, 3.05) is 5.01 Å². The number of aromatic nitrogens is 2. The van der Waals surface area contributed by atoms with Crippen molar-refractivity contribution in [2.45, 2.75) is 20.8 Å². The number of hydrazone groups is 1. The maximum absolute atomic E-state index is 12.5. The van der Waals surface area contributed by atoms with Gasteiger partial charge in [0, 0.05) is 11.8 Å². The molecule has 0 bridgehead atoms. The van der Waals surface area contributed by atoms with Crippen molar-refractivity contribution < 1.29 is 4.79 Å². The smallest absolute Gasteiger partial charge is 0.257 e. The summed E-state index contributed by atoms with van der Waals surface area (Å²) in [5.74, 6) is 0.825. The van der Waals surface area contributed by atoms with Crippen LogP contribution in [0.5, 0.6) is 0 Å². The first-order chi connectivity index (χ1) is 10.1. The second kappa shape index (κ2) is 5.09. The Hall–Kier alpha value is -2.56. The molecule has 5 heteroatoms. The maximum atomic E-state index is 12.5. The van der Waals surface area contributed by atoms with Crippen LogP contribution in [-0.2, 0) is 4.79 Å². The van der Waals surface area contributed by atoms with E-state index in [1.54, 1.807) is 6.07 Å². The van der Waals surface area contributed by atoms with Crippen molar-refractivity contribution in [1.29, 1.82) is 0 Å². The van der Waals surface area contributed by atoms with Crippen LogP contribution in [-0.4, -0.2) is 21.6 Å². The van der Waals surface area contributed by atoms with Gasteiger partial charge >= 0.3 is 0 Å². The Bertz CT molecular complexity index is 704. The van der Waals surface area contributed by atoms with Crippen molar-refractivity contribution in [3.63, 3.8) is 0 Å². The third-order valence-electron chi connectivity index (χ3n) is 3.44. The van der Waals surface area contributed by atoms with Gasteiger partial charge < -0.3 is 0 Å². The van der Waals surface area contributed by atoms with Crippen LogP contribution >= 0.6 is 0 Å². The average molecular weight is 280 g/mol. The van der Waals surface area contributed by atoms with Crippen LogP contribution in [0.25, 0.3) is 0 Å². The van der Waals surface area contributed by atoms with E-state index < -0.39 is 0 Å². The predicted molar refractivity (Wildman–Crippen MR) is 81.1 cm³/mol. The van der Waals surface area contributed by atoms with Gasteiger partial charge in [-0.15, -0.1) is 0 Å². The minimum Gasteiger partial charge on any atom is -0.272 e. The third kappa shape index (κ3) is 2.42. The van der Waals surface area contributed by atoms with Gasteiger partial charge in [0.1, 0.15) is 5.82 Å². The molecule has 0 fully saturated rings. The molecule has 1 atom stereocenters. The number of hydrogen-bond donors (Lipinski definition) is 0. The molecular weight excluding hydrogens is 264 g/mol. The van der Waals surface area contributed by atoms with Gasteiger partial charge in [-0.1, -0.05) is 30.3 Å². The summed E-state index contributed by atoms with van der Waals surface area (Å²) in [4.78, 5) is 21.0.